The summed E-state index contributed by atoms with van der Waals surface area (Å²) >= 11 is 0. The summed E-state index contributed by atoms with van der Waals surface area (Å²) in [5.41, 5.74) is 4.77. The van der Waals surface area contributed by atoms with Crippen LogP contribution in [0.3, 0.4) is 0 Å². The summed E-state index contributed by atoms with van der Waals surface area (Å²) in [5, 5.41) is 11.9. The van der Waals surface area contributed by atoms with E-state index in [-0.39, 0.29) is 11.7 Å². The fraction of sp³-hybridized carbons (Fsp3) is 0.231. The summed E-state index contributed by atoms with van der Waals surface area (Å²) in [4.78, 5) is 26.7. The number of hydrogen-bond acceptors (Lipinski definition) is 7. The van der Waals surface area contributed by atoms with Crippen LogP contribution in [-0.4, -0.2) is 47.5 Å². The number of aryl methyl sites for hydroxylation is 2. The van der Waals surface area contributed by atoms with E-state index in [1.165, 1.54) is 13.4 Å². The molecule has 5 rings (SSSR count). The van der Waals surface area contributed by atoms with Crippen molar-refractivity contribution >= 4 is 22.8 Å². The summed E-state index contributed by atoms with van der Waals surface area (Å²) < 4.78 is 9.12. The van der Waals surface area contributed by atoms with Gasteiger partial charge in [0.2, 0.25) is 0 Å². The number of ether oxygens (including phenoxy) is 1. The number of hydrogen-bond donors (Lipinski definition) is 1. The lowest BCUT2D eigenvalue weighted by atomic mass is 10.0. The number of rotatable bonds is 8. The predicted octanol–water partition coefficient (Wildman–Crippen LogP) is 4.44. The van der Waals surface area contributed by atoms with Crippen LogP contribution in [0.25, 0.3) is 33.5 Å². The van der Waals surface area contributed by atoms with Gasteiger partial charge in [0.05, 0.1) is 24.4 Å². The first kappa shape index (κ1) is 23.2. The summed E-state index contributed by atoms with van der Waals surface area (Å²) in [7, 11) is 1.53. The maximum absolute atomic E-state index is 13.0. The number of amides is 1. The van der Waals surface area contributed by atoms with E-state index in [1.807, 2.05) is 48.1 Å². The molecular formula is C26H26N8O2. The topological polar surface area (TPSA) is 113 Å². The van der Waals surface area contributed by atoms with Gasteiger partial charge in [-0.2, -0.15) is 10.2 Å². The van der Waals surface area contributed by atoms with E-state index in [2.05, 4.69) is 27.3 Å². The second kappa shape index (κ2) is 9.95. The van der Waals surface area contributed by atoms with Crippen molar-refractivity contribution in [2.75, 3.05) is 12.4 Å². The van der Waals surface area contributed by atoms with Gasteiger partial charge in [-0.25, -0.2) is 15.0 Å². The molecule has 1 amide bonds. The van der Waals surface area contributed by atoms with E-state index >= 15 is 0 Å². The molecule has 0 fully saturated rings. The molecular weight excluding hydrogens is 456 g/mol. The third-order valence-corrected chi connectivity index (χ3v) is 5.76. The number of pyridine rings is 1. The van der Waals surface area contributed by atoms with E-state index in [4.69, 9.17) is 14.8 Å². The largest absolute Gasteiger partial charge is 0.493 e. The maximum atomic E-state index is 13.0. The van der Waals surface area contributed by atoms with E-state index in [9.17, 15) is 4.79 Å². The minimum atomic E-state index is -0.329. The molecule has 1 N–H and O–H groups in total. The van der Waals surface area contributed by atoms with Crippen molar-refractivity contribution in [2.24, 2.45) is 0 Å². The number of nitrogens with zero attached hydrogens (tertiary/aromatic N) is 7. The minimum Gasteiger partial charge on any atom is -0.493 e. The highest BCUT2D eigenvalue weighted by atomic mass is 16.5. The highest BCUT2D eigenvalue weighted by Gasteiger charge is 2.20. The summed E-state index contributed by atoms with van der Waals surface area (Å²) in [6.45, 7) is 5.53. The van der Waals surface area contributed by atoms with Crippen molar-refractivity contribution in [1.82, 2.24) is 34.5 Å². The third-order valence-electron chi connectivity index (χ3n) is 5.76. The Morgan fingerprint density at radius 2 is 1.89 bits per heavy atom. The van der Waals surface area contributed by atoms with Crippen LogP contribution in [0.5, 0.6) is 5.75 Å². The molecule has 36 heavy (non-hydrogen) atoms. The van der Waals surface area contributed by atoms with Gasteiger partial charge < -0.3 is 10.1 Å². The number of anilines is 1. The van der Waals surface area contributed by atoms with Crippen LogP contribution in [0.4, 0.5) is 5.82 Å². The summed E-state index contributed by atoms with van der Waals surface area (Å²) in [6, 6.07) is 11.7. The Balaban J connectivity index is 1.60. The molecule has 10 heteroatoms. The molecule has 0 radical (unpaired) electrons. The molecule has 0 saturated heterocycles. The van der Waals surface area contributed by atoms with Crippen LogP contribution < -0.4 is 10.1 Å². The molecule has 0 aliphatic rings. The van der Waals surface area contributed by atoms with Crippen LogP contribution in [0.15, 0.2) is 61.3 Å². The van der Waals surface area contributed by atoms with Gasteiger partial charge in [-0.15, -0.1) is 0 Å². The van der Waals surface area contributed by atoms with Crippen LogP contribution in [0.1, 0.15) is 30.6 Å². The van der Waals surface area contributed by atoms with Gasteiger partial charge in [-0.1, -0.05) is 37.3 Å². The Bertz CT molecular complexity index is 1520. The Morgan fingerprint density at radius 3 is 2.64 bits per heavy atom. The minimum absolute atomic E-state index is 0.276. The Kier molecular flexibility index (Phi) is 6.40. The average molecular weight is 483 g/mol. The lowest BCUT2D eigenvalue weighted by Crippen LogP contribution is -2.13. The van der Waals surface area contributed by atoms with Crippen LogP contribution in [-0.2, 0) is 13.1 Å². The monoisotopic (exact) mass is 482 g/mol. The molecule has 0 aliphatic carbocycles. The molecule has 182 valence electrons. The number of nitrogens with one attached hydrogen (secondary N) is 1. The third kappa shape index (κ3) is 4.40. The van der Waals surface area contributed by atoms with Gasteiger partial charge in [-0.05, 0) is 13.3 Å². The molecule has 0 bridgehead atoms. The standard InChI is InChI=1S/C26H26N8O2/c1-4-11-34-14-18(13-29-34)26(35)31-25-21(36-3)12-20-24(30-25)23(28-16-27-20)19-15-33(5-2)32-22(19)17-9-7-6-8-10-17/h6-10,12-16H,4-5,11H2,1-3H3,(H,30,31,35). The first-order valence-corrected chi connectivity index (χ1v) is 11.8. The molecule has 0 spiro atoms. The van der Waals surface area contributed by atoms with Gasteiger partial charge in [-0.3, -0.25) is 14.2 Å². The number of carbonyl (C=O) groups excluding carboxylic acids is 1. The van der Waals surface area contributed by atoms with E-state index in [0.29, 0.717) is 34.6 Å². The Labute approximate surface area is 208 Å². The van der Waals surface area contributed by atoms with Crippen molar-refractivity contribution in [3.05, 3.63) is 66.9 Å². The molecule has 0 saturated carbocycles. The van der Waals surface area contributed by atoms with E-state index in [1.54, 1.807) is 23.1 Å². The van der Waals surface area contributed by atoms with Crippen molar-refractivity contribution in [1.29, 1.82) is 0 Å². The molecule has 4 aromatic heterocycles. The number of fused-ring (bicyclic) bond motifs is 1. The van der Waals surface area contributed by atoms with E-state index in [0.717, 1.165) is 29.8 Å². The predicted molar refractivity (Wildman–Crippen MR) is 137 cm³/mol. The molecule has 0 atom stereocenters. The second-order valence-corrected chi connectivity index (χ2v) is 8.19. The number of aromatic nitrogens is 7. The SMILES string of the molecule is CCCn1cc(C(=O)Nc2nc3c(-c4cn(CC)nc4-c4ccccc4)ncnc3cc2OC)cn1. The molecule has 5 aromatic rings. The highest BCUT2D eigenvalue weighted by Crippen LogP contribution is 2.35. The lowest BCUT2D eigenvalue weighted by Gasteiger charge is -2.11. The molecule has 0 unspecified atom stereocenters. The van der Waals surface area contributed by atoms with Gasteiger partial charge in [0.15, 0.2) is 11.6 Å². The smallest absolute Gasteiger partial charge is 0.260 e. The number of benzene rings is 1. The number of carbonyl (C=O) groups is 1. The van der Waals surface area contributed by atoms with Crippen LogP contribution in [0, 0.1) is 0 Å². The summed E-state index contributed by atoms with van der Waals surface area (Å²) in [5.74, 6) is 0.345. The zero-order valence-electron chi connectivity index (χ0n) is 20.3. The van der Waals surface area contributed by atoms with Gasteiger partial charge in [0.25, 0.3) is 5.91 Å². The molecule has 4 heterocycles. The van der Waals surface area contributed by atoms with Crippen molar-refractivity contribution < 1.29 is 9.53 Å². The first-order chi connectivity index (χ1) is 17.6. The van der Waals surface area contributed by atoms with Crippen LogP contribution in [0.2, 0.25) is 0 Å². The maximum Gasteiger partial charge on any atom is 0.260 e. The van der Waals surface area contributed by atoms with Crippen molar-refractivity contribution in [3.63, 3.8) is 0 Å². The fourth-order valence-corrected chi connectivity index (χ4v) is 3.99. The van der Waals surface area contributed by atoms with Gasteiger partial charge in [0.1, 0.15) is 23.2 Å². The highest BCUT2D eigenvalue weighted by molar-refractivity contribution is 6.05. The Hall–Kier alpha value is -4.60. The molecule has 0 aliphatic heterocycles. The first-order valence-electron chi connectivity index (χ1n) is 11.8. The number of methoxy groups -OCH3 is 1. The average Bonchev–Trinajstić information content (AvgIpc) is 3.56. The van der Waals surface area contributed by atoms with Gasteiger partial charge in [0, 0.05) is 42.7 Å². The van der Waals surface area contributed by atoms with Crippen LogP contribution >= 0.6 is 0 Å². The zero-order valence-corrected chi connectivity index (χ0v) is 20.3. The zero-order chi connectivity index (χ0) is 25.1. The quantitative estimate of drug-likeness (QED) is 0.348. The molecule has 10 nitrogen and oxygen atoms in total. The summed E-state index contributed by atoms with van der Waals surface area (Å²) in [6.07, 6.45) is 7.63. The van der Waals surface area contributed by atoms with Crippen molar-refractivity contribution in [2.45, 2.75) is 33.4 Å². The van der Waals surface area contributed by atoms with Gasteiger partial charge >= 0.3 is 0 Å². The van der Waals surface area contributed by atoms with E-state index < -0.39 is 0 Å². The second-order valence-electron chi connectivity index (χ2n) is 8.19. The normalized spacial score (nSPS) is 11.1. The van der Waals surface area contributed by atoms with Crippen molar-refractivity contribution in [3.8, 4) is 28.3 Å². The molecule has 1 aromatic carbocycles. The lowest BCUT2D eigenvalue weighted by molar-refractivity contribution is 0.102. The Morgan fingerprint density at radius 1 is 1.06 bits per heavy atom. The fourth-order valence-electron chi connectivity index (χ4n) is 3.99.